The van der Waals surface area contributed by atoms with Crippen molar-refractivity contribution in [3.8, 4) is 11.5 Å². The number of rotatable bonds is 5. The number of hydrogen-bond acceptors (Lipinski definition) is 5. The van der Waals surface area contributed by atoms with Gasteiger partial charge in [0, 0.05) is 19.2 Å². The highest BCUT2D eigenvalue weighted by atomic mass is 16.5. The molecule has 1 fully saturated rings. The molecular weight excluding hydrogens is 310 g/mol. The maximum absolute atomic E-state index is 12.4. The zero-order valence-electron chi connectivity index (χ0n) is 14.7. The van der Waals surface area contributed by atoms with Crippen molar-refractivity contribution in [2.24, 2.45) is 11.8 Å². The molecule has 6 nitrogen and oxygen atoms in total. The van der Waals surface area contributed by atoms with Crippen molar-refractivity contribution in [2.75, 3.05) is 33.9 Å². The van der Waals surface area contributed by atoms with Gasteiger partial charge in [0.25, 0.3) is 5.91 Å². The zero-order chi connectivity index (χ0) is 17.7. The Labute approximate surface area is 142 Å². The summed E-state index contributed by atoms with van der Waals surface area (Å²) in [6.07, 6.45) is 1.13. The second kappa shape index (κ2) is 8.04. The van der Waals surface area contributed by atoms with E-state index in [1.54, 1.807) is 18.2 Å². The molecule has 2 atom stereocenters. The number of nitrogens with zero attached hydrogens (tertiary/aromatic N) is 1. The molecule has 0 spiro atoms. The highest BCUT2D eigenvalue weighted by Gasteiger charge is 2.26. The minimum absolute atomic E-state index is 0.0768. The van der Waals surface area contributed by atoms with Gasteiger partial charge >= 0.3 is 5.97 Å². The first-order valence-corrected chi connectivity index (χ1v) is 8.11. The number of methoxy groups -OCH3 is 2. The molecule has 1 amide bonds. The van der Waals surface area contributed by atoms with E-state index in [9.17, 15) is 9.59 Å². The largest absolute Gasteiger partial charge is 0.497 e. The Morgan fingerprint density at radius 1 is 1.17 bits per heavy atom. The fourth-order valence-electron chi connectivity index (χ4n) is 3.12. The van der Waals surface area contributed by atoms with Crippen LogP contribution in [0.1, 0.15) is 30.6 Å². The molecule has 1 aromatic carbocycles. The van der Waals surface area contributed by atoms with Crippen molar-refractivity contribution in [3.63, 3.8) is 0 Å². The Bertz CT molecular complexity index is 591. The summed E-state index contributed by atoms with van der Waals surface area (Å²) in [5, 5.41) is 0. The van der Waals surface area contributed by atoms with E-state index in [1.807, 2.05) is 4.90 Å². The molecule has 0 bridgehead atoms. The van der Waals surface area contributed by atoms with Crippen LogP contribution in [0.4, 0.5) is 0 Å². The molecule has 0 radical (unpaired) electrons. The van der Waals surface area contributed by atoms with Crippen molar-refractivity contribution in [2.45, 2.75) is 20.3 Å². The number of piperidine rings is 1. The number of benzene rings is 1. The smallest absolute Gasteiger partial charge is 0.341 e. The number of likely N-dealkylation sites (tertiary alicyclic amines) is 1. The van der Waals surface area contributed by atoms with Gasteiger partial charge in [-0.3, -0.25) is 4.79 Å². The summed E-state index contributed by atoms with van der Waals surface area (Å²) in [6.45, 7) is 5.67. The second-order valence-electron chi connectivity index (χ2n) is 6.39. The van der Waals surface area contributed by atoms with Crippen LogP contribution in [0, 0.1) is 11.8 Å². The third-order valence-electron chi connectivity index (χ3n) is 4.17. The Hall–Kier alpha value is -2.24. The molecule has 1 saturated heterocycles. The molecule has 2 rings (SSSR count). The van der Waals surface area contributed by atoms with Gasteiger partial charge in [-0.1, -0.05) is 13.8 Å². The maximum atomic E-state index is 12.4. The number of carbonyl (C=O) groups excluding carboxylic acids is 2. The molecule has 132 valence electrons. The molecule has 6 heteroatoms. The molecule has 1 aromatic rings. The topological polar surface area (TPSA) is 65.1 Å². The van der Waals surface area contributed by atoms with Crippen LogP contribution in [-0.2, 0) is 9.53 Å². The molecule has 1 aliphatic rings. The summed E-state index contributed by atoms with van der Waals surface area (Å²) < 4.78 is 15.5. The Morgan fingerprint density at radius 2 is 1.83 bits per heavy atom. The van der Waals surface area contributed by atoms with E-state index in [-0.39, 0.29) is 23.8 Å². The van der Waals surface area contributed by atoms with Gasteiger partial charge in [-0.25, -0.2) is 4.79 Å². The minimum Gasteiger partial charge on any atom is -0.497 e. The first-order valence-electron chi connectivity index (χ1n) is 8.11. The molecule has 24 heavy (non-hydrogen) atoms. The van der Waals surface area contributed by atoms with E-state index in [4.69, 9.17) is 14.2 Å². The first-order chi connectivity index (χ1) is 11.4. The second-order valence-corrected chi connectivity index (χ2v) is 6.39. The minimum atomic E-state index is -0.514. The summed E-state index contributed by atoms with van der Waals surface area (Å²) in [7, 11) is 2.83. The molecule has 0 aliphatic carbocycles. The van der Waals surface area contributed by atoms with Crippen molar-refractivity contribution < 1.29 is 23.8 Å². The van der Waals surface area contributed by atoms with E-state index >= 15 is 0 Å². The van der Waals surface area contributed by atoms with Crippen LogP contribution in [0.25, 0.3) is 0 Å². The van der Waals surface area contributed by atoms with Gasteiger partial charge in [0.05, 0.1) is 14.2 Å². The highest BCUT2D eigenvalue weighted by Crippen LogP contribution is 2.26. The molecule has 0 N–H and O–H groups in total. The predicted molar refractivity (Wildman–Crippen MR) is 89.4 cm³/mol. The average molecular weight is 335 g/mol. The van der Waals surface area contributed by atoms with E-state index < -0.39 is 5.97 Å². The predicted octanol–water partition coefficient (Wildman–Crippen LogP) is 2.37. The van der Waals surface area contributed by atoms with Crippen LogP contribution in [0.15, 0.2) is 18.2 Å². The maximum Gasteiger partial charge on any atom is 0.341 e. The first kappa shape index (κ1) is 18.1. The lowest BCUT2D eigenvalue weighted by atomic mass is 9.92. The standard InChI is InChI=1S/C18H25NO5/c1-12-7-13(2)10-19(9-12)17(20)11-24-16-8-14(22-3)5-6-15(16)18(21)23-4/h5-6,8,12-13H,7,9-11H2,1-4H3. The number of hydrogen-bond donors (Lipinski definition) is 0. The van der Waals surface area contributed by atoms with E-state index in [2.05, 4.69) is 13.8 Å². The van der Waals surface area contributed by atoms with E-state index in [0.29, 0.717) is 17.6 Å². The fourth-order valence-corrected chi connectivity index (χ4v) is 3.12. The monoisotopic (exact) mass is 335 g/mol. The van der Waals surface area contributed by atoms with E-state index in [0.717, 1.165) is 19.5 Å². The van der Waals surface area contributed by atoms with Crippen molar-refractivity contribution in [3.05, 3.63) is 23.8 Å². The SMILES string of the molecule is COC(=O)c1ccc(OC)cc1OCC(=O)N1CC(C)CC(C)C1. The molecule has 1 heterocycles. The molecule has 0 saturated carbocycles. The van der Waals surface area contributed by atoms with Gasteiger partial charge in [-0.15, -0.1) is 0 Å². The summed E-state index contributed by atoms with van der Waals surface area (Å²) in [4.78, 5) is 26.1. The molecule has 2 unspecified atom stereocenters. The molecule has 1 aliphatic heterocycles. The molecule has 0 aromatic heterocycles. The summed E-state index contributed by atoms with van der Waals surface area (Å²) >= 11 is 0. The van der Waals surface area contributed by atoms with Gasteiger partial charge in [0.1, 0.15) is 17.1 Å². The molecular formula is C18H25NO5. The third-order valence-corrected chi connectivity index (χ3v) is 4.17. The van der Waals surface area contributed by atoms with Gasteiger partial charge in [-0.05, 0) is 30.4 Å². The van der Waals surface area contributed by atoms with Crippen LogP contribution in [-0.4, -0.2) is 50.7 Å². The Kier molecular flexibility index (Phi) is 6.06. The van der Waals surface area contributed by atoms with Crippen LogP contribution in [0.5, 0.6) is 11.5 Å². The van der Waals surface area contributed by atoms with Gasteiger partial charge in [-0.2, -0.15) is 0 Å². The normalized spacial score (nSPS) is 20.4. The highest BCUT2D eigenvalue weighted by molar-refractivity contribution is 5.92. The number of amides is 1. The van der Waals surface area contributed by atoms with Crippen LogP contribution in [0.3, 0.4) is 0 Å². The summed E-state index contributed by atoms with van der Waals surface area (Å²) in [5.41, 5.74) is 0.270. The van der Waals surface area contributed by atoms with E-state index in [1.165, 1.54) is 14.2 Å². The zero-order valence-corrected chi connectivity index (χ0v) is 14.7. The quantitative estimate of drug-likeness (QED) is 0.773. The van der Waals surface area contributed by atoms with Crippen LogP contribution in [0.2, 0.25) is 0 Å². The fraction of sp³-hybridized carbons (Fsp3) is 0.556. The third kappa shape index (κ3) is 4.40. The number of carbonyl (C=O) groups is 2. The van der Waals surface area contributed by atoms with Crippen molar-refractivity contribution >= 4 is 11.9 Å². The van der Waals surface area contributed by atoms with Crippen molar-refractivity contribution in [1.29, 1.82) is 0 Å². The summed E-state index contributed by atoms with van der Waals surface area (Å²) in [5.74, 6) is 1.21. The van der Waals surface area contributed by atoms with Gasteiger partial charge in [0.2, 0.25) is 0 Å². The van der Waals surface area contributed by atoms with Crippen molar-refractivity contribution in [1.82, 2.24) is 4.90 Å². The van der Waals surface area contributed by atoms with Gasteiger partial charge in [0.15, 0.2) is 6.61 Å². The Balaban J connectivity index is 2.07. The lowest BCUT2D eigenvalue weighted by molar-refractivity contribution is -0.136. The Morgan fingerprint density at radius 3 is 2.42 bits per heavy atom. The van der Waals surface area contributed by atoms with Crippen LogP contribution >= 0.6 is 0 Å². The number of esters is 1. The average Bonchev–Trinajstić information content (AvgIpc) is 2.57. The summed E-state index contributed by atoms with van der Waals surface area (Å²) in [6, 6.07) is 4.80. The number of ether oxygens (including phenoxy) is 3. The lowest BCUT2D eigenvalue weighted by Crippen LogP contribution is -2.44. The van der Waals surface area contributed by atoms with Gasteiger partial charge < -0.3 is 19.1 Å². The lowest BCUT2D eigenvalue weighted by Gasteiger charge is -2.34. The van der Waals surface area contributed by atoms with Crippen LogP contribution < -0.4 is 9.47 Å².